The molecule has 0 aromatic carbocycles. The summed E-state index contributed by atoms with van der Waals surface area (Å²) in [5, 5.41) is 15.2. The highest BCUT2D eigenvalue weighted by Gasteiger charge is 2.41. The number of carboxylic acid groups (broad SMARTS) is 1. The number of carbonyl (C=O) groups excluding carboxylic acids is 1. The first-order valence-corrected chi connectivity index (χ1v) is 9.94. The molecule has 0 saturated carbocycles. The van der Waals surface area contributed by atoms with Gasteiger partial charge in [-0.25, -0.2) is 13.2 Å². The molecule has 0 spiro atoms. The molecule has 0 bridgehead atoms. The molecule has 0 aliphatic carbocycles. The molecule has 1 aliphatic rings. The van der Waals surface area contributed by atoms with Gasteiger partial charge in [-0.15, -0.1) is 0 Å². The van der Waals surface area contributed by atoms with Crippen LogP contribution in [0.5, 0.6) is 0 Å². The van der Waals surface area contributed by atoms with Crippen LogP contribution in [0.2, 0.25) is 0 Å². The Labute approximate surface area is 155 Å². The molecule has 2 aromatic rings. The second-order valence-corrected chi connectivity index (χ2v) is 7.93. The molecule has 2 N–H and O–H groups in total. The van der Waals surface area contributed by atoms with Gasteiger partial charge < -0.3 is 14.8 Å². The van der Waals surface area contributed by atoms with Crippen molar-refractivity contribution >= 4 is 21.9 Å². The Morgan fingerprint density at radius 3 is 2.85 bits per heavy atom. The van der Waals surface area contributed by atoms with Crippen LogP contribution in [0.25, 0.3) is 0 Å². The highest BCUT2D eigenvalue weighted by molar-refractivity contribution is 7.89. The van der Waals surface area contributed by atoms with E-state index >= 15 is 0 Å². The minimum Gasteiger partial charge on any atom is -0.475 e. The zero-order chi connectivity index (χ0) is 19.4. The van der Waals surface area contributed by atoms with Crippen molar-refractivity contribution in [2.45, 2.75) is 36.9 Å². The van der Waals surface area contributed by atoms with Gasteiger partial charge in [-0.2, -0.15) is 9.40 Å². The lowest BCUT2D eigenvalue weighted by atomic mass is 10.2. The van der Waals surface area contributed by atoms with Crippen LogP contribution in [0, 0.1) is 0 Å². The smallest absolute Gasteiger partial charge is 0.371 e. The van der Waals surface area contributed by atoms with Gasteiger partial charge in [0.25, 0.3) is 10.0 Å². The number of carbonyl (C=O) groups is 2. The van der Waals surface area contributed by atoms with Gasteiger partial charge in [-0.3, -0.25) is 9.48 Å². The Morgan fingerprint density at radius 2 is 2.19 bits per heavy atom. The summed E-state index contributed by atoms with van der Waals surface area (Å²) < 4.78 is 33.2. The van der Waals surface area contributed by atoms with E-state index in [2.05, 4.69) is 10.4 Å². The Balaban J connectivity index is 1.61. The molecule has 27 heavy (non-hydrogen) atoms. The highest BCUT2D eigenvalue weighted by Crippen LogP contribution is 2.27. The van der Waals surface area contributed by atoms with E-state index in [0.29, 0.717) is 32.4 Å². The van der Waals surface area contributed by atoms with Gasteiger partial charge in [0.2, 0.25) is 16.8 Å². The van der Waals surface area contributed by atoms with Crippen LogP contribution in [0.3, 0.4) is 0 Å². The standard InChI is InChI=1S/C16H20N4O6S/c21-15(17-7-2-9-19-10-3-8-18-19)12-4-1-11-20(12)27(24,25)14-6-5-13(26-14)16(22)23/h3,5-6,8,10,12H,1-2,4,7,9,11H2,(H,17,21)(H,22,23). The molecule has 1 saturated heterocycles. The number of aromatic carboxylic acids is 1. The molecule has 0 radical (unpaired) electrons. The Morgan fingerprint density at radius 1 is 1.37 bits per heavy atom. The average molecular weight is 396 g/mol. The summed E-state index contributed by atoms with van der Waals surface area (Å²) in [6.07, 6.45) is 5.09. The lowest BCUT2D eigenvalue weighted by Gasteiger charge is -2.22. The molecule has 2 aromatic heterocycles. The maximum atomic E-state index is 12.7. The van der Waals surface area contributed by atoms with Crippen LogP contribution in [0.15, 0.2) is 40.1 Å². The SMILES string of the molecule is O=C(O)c1ccc(S(=O)(=O)N2CCCC2C(=O)NCCCn2cccn2)o1. The van der Waals surface area contributed by atoms with E-state index in [9.17, 15) is 18.0 Å². The number of hydrogen-bond acceptors (Lipinski definition) is 6. The number of hydrogen-bond donors (Lipinski definition) is 2. The zero-order valence-corrected chi connectivity index (χ0v) is 15.3. The predicted octanol–water partition coefficient (Wildman–Crippen LogP) is 0.534. The van der Waals surface area contributed by atoms with Crippen molar-refractivity contribution in [1.29, 1.82) is 0 Å². The number of rotatable bonds is 8. The third kappa shape index (κ3) is 4.19. The van der Waals surface area contributed by atoms with Gasteiger partial charge in [-0.1, -0.05) is 0 Å². The lowest BCUT2D eigenvalue weighted by molar-refractivity contribution is -0.124. The third-order valence-corrected chi connectivity index (χ3v) is 6.07. The Bertz CT molecular complexity index is 905. The second-order valence-electron chi connectivity index (χ2n) is 6.11. The predicted molar refractivity (Wildman–Crippen MR) is 92.4 cm³/mol. The molecule has 3 rings (SSSR count). The van der Waals surface area contributed by atoms with Gasteiger partial charge in [-0.05, 0) is 37.5 Å². The van der Waals surface area contributed by atoms with Crippen LogP contribution in [-0.4, -0.2) is 58.6 Å². The molecule has 3 heterocycles. The number of amides is 1. The fourth-order valence-electron chi connectivity index (χ4n) is 2.98. The van der Waals surface area contributed by atoms with Crippen molar-refractivity contribution in [3.05, 3.63) is 36.4 Å². The summed E-state index contributed by atoms with van der Waals surface area (Å²) in [7, 11) is -4.08. The van der Waals surface area contributed by atoms with Crippen molar-refractivity contribution in [2.24, 2.45) is 0 Å². The number of aryl methyl sites for hydroxylation is 1. The molecule has 1 amide bonds. The van der Waals surface area contributed by atoms with Gasteiger partial charge in [0.05, 0.1) is 0 Å². The Hall–Kier alpha value is -2.66. The minimum atomic E-state index is -4.08. The fourth-order valence-corrected chi connectivity index (χ4v) is 4.55. The summed E-state index contributed by atoms with van der Waals surface area (Å²) in [4.78, 5) is 23.3. The number of sulfonamides is 1. The zero-order valence-electron chi connectivity index (χ0n) is 14.4. The van der Waals surface area contributed by atoms with Gasteiger partial charge in [0.1, 0.15) is 6.04 Å². The molecule has 1 aliphatic heterocycles. The monoisotopic (exact) mass is 396 g/mol. The van der Waals surface area contributed by atoms with Crippen LogP contribution in [0.4, 0.5) is 0 Å². The number of nitrogens with zero attached hydrogens (tertiary/aromatic N) is 3. The van der Waals surface area contributed by atoms with E-state index in [1.165, 1.54) is 0 Å². The maximum absolute atomic E-state index is 12.7. The maximum Gasteiger partial charge on any atom is 0.371 e. The Kier molecular flexibility index (Phi) is 5.61. The molecule has 146 valence electrons. The lowest BCUT2D eigenvalue weighted by Crippen LogP contribution is -2.46. The van der Waals surface area contributed by atoms with Crippen molar-refractivity contribution < 1.29 is 27.5 Å². The summed E-state index contributed by atoms with van der Waals surface area (Å²) in [5.41, 5.74) is 0. The third-order valence-electron chi connectivity index (χ3n) is 4.28. The van der Waals surface area contributed by atoms with Crippen molar-refractivity contribution in [2.75, 3.05) is 13.1 Å². The van der Waals surface area contributed by atoms with E-state index in [1.807, 2.05) is 12.3 Å². The van der Waals surface area contributed by atoms with Gasteiger partial charge >= 0.3 is 5.97 Å². The molecule has 1 fully saturated rings. The molecule has 11 heteroatoms. The van der Waals surface area contributed by atoms with E-state index < -0.39 is 32.9 Å². The average Bonchev–Trinajstić information content (AvgIpc) is 3.39. The topological polar surface area (TPSA) is 135 Å². The van der Waals surface area contributed by atoms with E-state index in [4.69, 9.17) is 9.52 Å². The number of nitrogens with one attached hydrogen (secondary N) is 1. The van der Waals surface area contributed by atoms with E-state index in [1.54, 1.807) is 10.9 Å². The molecule has 1 unspecified atom stereocenters. The van der Waals surface area contributed by atoms with Crippen LogP contribution >= 0.6 is 0 Å². The number of aromatic nitrogens is 2. The molecular formula is C16H20N4O6S. The minimum absolute atomic E-state index is 0.177. The second kappa shape index (κ2) is 7.92. The quantitative estimate of drug-likeness (QED) is 0.622. The van der Waals surface area contributed by atoms with Crippen LogP contribution in [0.1, 0.15) is 29.8 Å². The summed E-state index contributed by atoms with van der Waals surface area (Å²) in [6, 6.07) is 3.15. The van der Waals surface area contributed by atoms with Crippen LogP contribution < -0.4 is 5.32 Å². The van der Waals surface area contributed by atoms with Gasteiger partial charge in [0.15, 0.2) is 0 Å². The van der Waals surface area contributed by atoms with Crippen LogP contribution in [-0.2, 0) is 21.4 Å². The number of carboxylic acids is 1. The highest BCUT2D eigenvalue weighted by atomic mass is 32.2. The van der Waals surface area contributed by atoms with E-state index in [-0.39, 0.29) is 12.5 Å². The van der Waals surface area contributed by atoms with Crippen molar-refractivity contribution in [3.8, 4) is 0 Å². The summed E-state index contributed by atoms with van der Waals surface area (Å²) in [5.74, 6) is -2.20. The fraction of sp³-hybridized carbons (Fsp3) is 0.438. The van der Waals surface area contributed by atoms with Crippen molar-refractivity contribution in [1.82, 2.24) is 19.4 Å². The first kappa shape index (κ1) is 19.1. The van der Waals surface area contributed by atoms with E-state index in [0.717, 1.165) is 16.4 Å². The van der Waals surface area contributed by atoms with Crippen molar-refractivity contribution in [3.63, 3.8) is 0 Å². The normalized spacial score (nSPS) is 17.9. The van der Waals surface area contributed by atoms with Gasteiger partial charge in [0, 0.05) is 32.0 Å². The largest absolute Gasteiger partial charge is 0.475 e. The number of furan rings is 1. The molecule has 10 nitrogen and oxygen atoms in total. The molecular weight excluding hydrogens is 376 g/mol. The summed E-state index contributed by atoms with van der Waals surface area (Å²) >= 11 is 0. The first-order chi connectivity index (χ1) is 12.9. The first-order valence-electron chi connectivity index (χ1n) is 8.50. The summed E-state index contributed by atoms with van der Waals surface area (Å²) in [6.45, 7) is 1.22. The molecule has 1 atom stereocenters.